The summed E-state index contributed by atoms with van der Waals surface area (Å²) in [6.45, 7) is 7.44. The molecule has 1 aromatic rings. The minimum Gasteiger partial charge on any atom is -0.370 e. The number of hydrogen-bond donors (Lipinski definition) is 1. The van der Waals surface area contributed by atoms with Crippen LogP contribution in [0.4, 0.5) is 5.82 Å². The van der Waals surface area contributed by atoms with Gasteiger partial charge in [0.2, 0.25) is 0 Å². The zero-order chi connectivity index (χ0) is 12.0. The zero-order valence-electron chi connectivity index (χ0n) is 10.3. The Morgan fingerprint density at radius 1 is 1.38 bits per heavy atom. The molecule has 1 heterocycles. The van der Waals surface area contributed by atoms with Crippen LogP contribution in [0.5, 0.6) is 0 Å². The molecule has 1 aromatic heterocycles. The second-order valence-corrected chi connectivity index (χ2v) is 6.04. The van der Waals surface area contributed by atoms with E-state index in [9.17, 15) is 0 Å². The van der Waals surface area contributed by atoms with Gasteiger partial charge in [0.25, 0.3) is 0 Å². The molecule has 16 heavy (non-hydrogen) atoms. The van der Waals surface area contributed by atoms with Crippen LogP contribution in [0.25, 0.3) is 0 Å². The maximum atomic E-state index is 4.47. The lowest BCUT2D eigenvalue weighted by Crippen LogP contribution is -2.04. The van der Waals surface area contributed by atoms with E-state index in [4.69, 9.17) is 0 Å². The number of hydrogen-bond acceptors (Lipinski definition) is 5. The van der Waals surface area contributed by atoms with Gasteiger partial charge in [-0.3, -0.25) is 0 Å². The Bertz CT molecular complexity index is 329. The molecule has 0 amide bonds. The maximum Gasteiger partial charge on any atom is 0.190 e. The molecule has 0 atom stereocenters. The van der Waals surface area contributed by atoms with Gasteiger partial charge in [-0.1, -0.05) is 32.5 Å². The molecule has 0 aromatic carbocycles. The Morgan fingerprint density at radius 2 is 2.12 bits per heavy atom. The summed E-state index contributed by atoms with van der Waals surface area (Å²) >= 11 is 3.35. The third kappa shape index (κ3) is 4.61. The zero-order valence-corrected chi connectivity index (χ0v) is 11.9. The normalized spacial score (nSPS) is 10.8. The van der Waals surface area contributed by atoms with Crippen LogP contribution in [0.1, 0.15) is 27.2 Å². The fourth-order valence-corrected chi connectivity index (χ4v) is 2.38. The quantitative estimate of drug-likeness (QED) is 0.479. The molecule has 0 unspecified atom stereocenters. The molecule has 0 spiro atoms. The standard InChI is InChI=1S/C11H19N3S2/c1-5-6-12-9-7-10(16-8(2)3)14-11(13-9)15-4/h7-8H,5-6H2,1-4H3,(H,12,13,14). The van der Waals surface area contributed by atoms with Crippen LogP contribution in [-0.2, 0) is 0 Å². The highest BCUT2D eigenvalue weighted by Crippen LogP contribution is 2.25. The van der Waals surface area contributed by atoms with Crippen molar-refractivity contribution in [3.05, 3.63) is 6.07 Å². The summed E-state index contributed by atoms with van der Waals surface area (Å²) in [5.74, 6) is 0.935. The molecule has 90 valence electrons. The highest BCUT2D eigenvalue weighted by atomic mass is 32.2. The number of anilines is 1. The monoisotopic (exact) mass is 257 g/mol. The number of nitrogens with one attached hydrogen (secondary N) is 1. The third-order valence-corrected chi connectivity index (χ3v) is 3.25. The van der Waals surface area contributed by atoms with Gasteiger partial charge in [0, 0.05) is 17.9 Å². The van der Waals surface area contributed by atoms with E-state index in [1.165, 1.54) is 0 Å². The van der Waals surface area contributed by atoms with E-state index >= 15 is 0 Å². The molecule has 0 aliphatic rings. The lowest BCUT2D eigenvalue weighted by molar-refractivity contribution is 0.875. The predicted molar refractivity (Wildman–Crippen MR) is 73.6 cm³/mol. The molecule has 0 saturated carbocycles. The van der Waals surface area contributed by atoms with Gasteiger partial charge in [-0.15, -0.1) is 11.8 Å². The van der Waals surface area contributed by atoms with Gasteiger partial charge >= 0.3 is 0 Å². The lowest BCUT2D eigenvalue weighted by Gasteiger charge is -2.09. The summed E-state index contributed by atoms with van der Waals surface area (Å²) in [6.07, 6.45) is 3.11. The Balaban J connectivity index is 2.82. The highest BCUT2D eigenvalue weighted by molar-refractivity contribution is 8.00. The van der Waals surface area contributed by atoms with Crippen molar-refractivity contribution in [1.82, 2.24) is 9.97 Å². The lowest BCUT2D eigenvalue weighted by atomic mass is 10.4. The Kier molecular flexibility index (Phi) is 5.98. The van der Waals surface area contributed by atoms with E-state index < -0.39 is 0 Å². The first-order valence-electron chi connectivity index (χ1n) is 5.49. The topological polar surface area (TPSA) is 37.8 Å². The molecular formula is C11H19N3S2. The summed E-state index contributed by atoms with van der Waals surface area (Å²) < 4.78 is 0. The van der Waals surface area contributed by atoms with Crippen LogP contribution in [0.15, 0.2) is 16.2 Å². The molecule has 0 fully saturated rings. The van der Waals surface area contributed by atoms with Gasteiger partial charge in [-0.2, -0.15) is 0 Å². The highest BCUT2D eigenvalue weighted by Gasteiger charge is 2.06. The molecule has 0 aliphatic carbocycles. The number of aromatic nitrogens is 2. The average Bonchev–Trinajstić information content (AvgIpc) is 2.25. The van der Waals surface area contributed by atoms with Gasteiger partial charge in [0.15, 0.2) is 5.16 Å². The predicted octanol–water partition coefficient (Wildman–Crippen LogP) is 3.52. The van der Waals surface area contributed by atoms with Crippen LogP contribution in [0, 0.1) is 0 Å². The van der Waals surface area contributed by atoms with Crippen molar-refractivity contribution in [2.45, 2.75) is 42.6 Å². The second kappa shape index (κ2) is 7.01. The van der Waals surface area contributed by atoms with Crippen molar-refractivity contribution >= 4 is 29.3 Å². The number of thioether (sulfide) groups is 2. The molecule has 0 saturated heterocycles. The van der Waals surface area contributed by atoms with E-state index in [-0.39, 0.29) is 0 Å². The summed E-state index contributed by atoms with van der Waals surface area (Å²) in [5.41, 5.74) is 0. The molecule has 0 aliphatic heterocycles. The molecule has 1 N–H and O–H groups in total. The first-order chi connectivity index (χ1) is 7.65. The van der Waals surface area contributed by atoms with Gasteiger partial charge in [-0.05, 0) is 12.7 Å². The third-order valence-electron chi connectivity index (χ3n) is 1.78. The summed E-state index contributed by atoms with van der Waals surface area (Å²) in [4.78, 5) is 8.90. The van der Waals surface area contributed by atoms with Crippen molar-refractivity contribution in [1.29, 1.82) is 0 Å². The van der Waals surface area contributed by atoms with E-state index in [1.807, 2.05) is 12.3 Å². The fraction of sp³-hybridized carbons (Fsp3) is 0.636. The van der Waals surface area contributed by atoms with E-state index in [0.717, 1.165) is 29.0 Å². The Labute approximate surface area is 106 Å². The minimum absolute atomic E-state index is 0.545. The van der Waals surface area contributed by atoms with Gasteiger partial charge in [0.1, 0.15) is 10.8 Å². The molecule has 3 nitrogen and oxygen atoms in total. The SMILES string of the molecule is CCCNc1cc(SC(C)C)nc(SC)n1. The smallest absolute Gasteiger partial charge is 0.190 e. The van der Waals surface area contributed by atoms with Crippen molar-refractivity contribution in [2.24, 2.45) is 0 Å². The largest absolute Gasteiger partial charge is 0.370 e. The molecule has 0 radical (unpaired) electrons. The fourth-order valence-electron chi connectivity index (χ4n) is 1.14. The van der Waals surface area contributed by atoms with E-state index in [2.05, 4.69) is 36.1 Å². The van der Waals surface area contributed by atoms with Crippen LogP contribution in [0.2, 0.25) is 0 Å². The van der Waals surface area contributed by atoms with Crippen LogP contribution in [-0.4, -0.2) is 28.0 Å². The van der Waals surface area contributed by atoms with Crippen molar-refractivity contribution in [2.75, 3.05) is 18.1 Å². The van der Waals surface area contributed by atoms with Gasteiger partial charge in [-0.25, -0.2) is 9.97 Å². The summed E-state index contributed by atoms with van der Waals surface area (Å²) in [5, 5.41) is 5.74. The van der Waals surface area contributed by atoms with Crippen LogP contribution >= 0.6 is 23.5 Å². The molecule has 0 bridgehead atoms. The first-order valence-corrected chi connectivity index (χ1v) is 7.59. The van der Waals surface area contributed by atoms with Crippen LogP contribution in [0.3, 0.4) is 0 Å². The van der Waals surface area contributed by atoms with Crippen molar-refractivity contribution in [3.63, 3.8) is 0 Å². The van der Waals surface area contributed by atoms with E-state index in [1.54, 1.807) is 23.5 Å². The summed E-state index contributed by atoms with van der Waals surface area (Å²) in [7, 11) is 0. The van der Waals surface area contributed by atoms with Crippen molar-refractivity contribution < 1.29 is 0 Å². The number of nitrogens with zero attached hydrogens (tertiary/aromatic N) is 2. The molecule has 5 heteroatoms. The minimum atomic E-state index is 0.545. The molecular weight excluding hydrogens is 238 g/mol. The van der Waals surface area contributed by atoms with E-state index in [0.29, 0.717) is 5.25 Å². The van der Waals surface area contributed by atoms with Gasteiger partial charge in [0.05, 0.1) is 0 Å². The van der Waals surface area contributed by atoms with Gasteiger partial charge < -0.3 is 5.32 Å². The Morgan fingerprint density at radius 3 is 2.69 bits per heavy atom. The molecule has 1 rings (SSSR count). The maximum absolute atomic E-state index is 4.47. The van der Waals surface area contributed by atoms with Crippen LogP contribution < -0.4 is 5.32 Å². The average molecular weight is 257 g/mol. The Hall–Kier alpha value is -0.420. The van der Waals surface area contributed by atoms with Crippen molar-refractivity contribution in [3.8, 4) is 0 Å². The summed E-state index contributed by atoms with van der Waals surface area (Å²) in [6, 6.07) is 2.03. The first kappa shape index (κ1) is 13.6. The second-order valence-electron chi connectivity index (χ2n) is 3.67. The number of rotatable bonds is 6.